The number of anilines is 3. The number of pyridine rings is 1. The van der Waals surface area contributed by atoms with Crippen LogP contribution >= 0.6 is 23.2 Å². The molecule has 218 valence electrons. The van der Waals surface area contributed by atoms with E-state index in [0.29, 0.717) is 45.1 Å². The van der Waals surface area contributed by atoms with Gasteiger partial charge in [0, 0.05) is 42.6 Å². The van der Waals surface area contributed by atoms with Crippen molar-refractivity contribution < 1.29 is 9.13 Å². The summed E-state index contributed by atoms with van der Waals surface area (Å²) in [6.45, 7) is 4.88. The van der Waals surface area contributed by atoms with Gasteiger partial charge in [-0.3, -0.25) is 14.6 Å². The molecule has 1 unspecified atom stereocenters. The van der Waals surface area contributed by atoms with Gasteiger partial charge < -0.3 is 15.4 Å². The molecule has 0 saturated carbocycles. The Kier molecular flexibility index (Phi) is 8.67. The first-order chi connectivity index (χ1) is 21.0. The van der Waals surface area contributed by atoms with Crippen molar-refractivity contribution in [3.05, 3.63) is 106 Å². The Labute approximate surface area is 257 Å². The molecule has 0 amide bonds. The number of fused-ring (bicyclic) bond motifs is 1. The highest BCUT2D eigenvalue weighted by Crippen LogP contribution is 2.37. The van der Waals surface area contributed by atoms with Gasteiger partial charge in [0.2, 0.25) is 0 Å². The summed E-state index contributed by atoms with van der Waals surface area (Å²) in [5.74, 6) is -0.535. The maximum atomic E-state index is 13.8. The molecule has 2 aromatic heterocycles. The Hall–Kier alpha value is -4.27. The van der Waals surface area contributed by atoms with E-state index in [1.165, 1.54) is 18.3 Å². The zero-order chi connectivity index (χ0) is 29.8. The molecule has 1 aliphatic heterocycles. The molecule has 0 spiro atoms. The fourth-order valence-electron chi connectivity index (χ4n) is 5.04. The third-order valence-electron chi connectivity index (χ3n) is 7.28. The van der Waals surface area contributed by atoms with E-state index in [1.54, 1.807) is 12.1 Å². The highest BCUT2D eigenvalue weighted by Gasteiger charge is 2.21. The predicted molar refractivity (Wildman–Crippen MR) is 165 cm³/mol. The highest BCUT2D eigenvalue weighted by atomic mass is 35.5. The summed E-state index contributed by atoms with van der Waals surface area (Å²) < 4.78 is 21.1. The first-order valence-corrected chi connectivity index (χ1v) is 14.5. The zero-order valence-electron chi connectivity index (χ0n) is 23.0. The topological polar surface area (TPSA) is 104 Å². The van der Waals surface area contributed by atoms with Gasteiger partial charge in [-0.25, -0.2) is 4.39 Å². The van der Waals surface area contributed by atoms with Crippen molar-refractivity contribution in [3.8, 4) is 6.07 Å². The smallest absolute Gasteiger partial charge is 0.141 e. The molecule has 1 saturated heterocycles. The number of benzene rings is 3. The van der Waals surface area contributed by atoms with Crippen LogP contribution in [-0.4, -0.2) is 57.7 Å². The third kappa shape index (κ3) is 6.55. The molecule has 0 bridgehead atoms. The van der Waals surface area contributed by atoms with Crippen LogP contribution in [0.1, 0.15) is 22.9 Å². The molecule has 1 aliphatic rings. The zero-order valence-corrected chi connectivity index (χ0v) is 24.5. The van der Waals surface area contributed by atoms with Crippen LogP contribution in [0, 0.1) is 17.1 Å². The average molecular weight is 618 g/mol. The van der Waals surface area contributed by atoms with E-state index in [4.69, 9.17) is 27.9 Å². The van der Waals surface area contributed by atoms with E-state index in [0.717, 1.165) is 44.1 Å². The second-order valence-electron chi connectivity index (χ2n) is 10.1. The molecule has 9 nitrogen and oxygen atoms in total. The predicted octanol–water partition coefficient (Wildman–Crippen LogP) is 6.42. The lowest BCUT2D eigenvalue weighted by Gasteiger charge is -2.26. The fraction of sp³-hybridized carbons (Fsp3) is 0.226. The number of aromatic nitrogens is 4. The van der Waals surface area contributed by atoms with Crippen LogP contribution in [0.3, 0.4) is 0 Å². The minimum atomic E-state index is -0.535. The van der Waals surface area contributed by atoms with E-state index in [-0.39, 0.29) is 11.1 Å². The van der Waals surface area contributed by atoms with Crippen molar-refractivity contribution in [2.45, 2.75) is 12.6 Å². The van der Waals surface area contributed by atoms with Crippen molar-refractivity contribution in [1.82, 2.24) is 24.9 Å². The van der Waals surface area contributed by atoms with Gasteiger partial charge in [0.1, 0.15) is 17.6 Å². The van der Waals surface area contributed by atoms with Crippen LogP contribution in [0.15, 0.2) is 73.1 Å². The number of hydrogen-bond acceptors (Lipinski definition) is 8. The molecule has 3 heterocycles. The molecule has 2 N–H and O–H groups in total. The molecular formula is C31H27Cl2FN8O. The normalized spacial score (nSPS) is 14.4. The van der Waals surface area contributed by atoms with Crippen LogP contribution in [0.4, 0.5) is 21.5 Å². The minimum absolute atomic E-state index is 0.0362. The van der Waals surface area contributed by atoms with Gasteiger partial charge in [-0.15, -0.1) is 5.10 Å². The quantitative estimate of drug-likeness (QED) is 0.195. The Morgan fingerprint density at radius 1 is 1.00 bits per heavy atom. The van der Waals surface area contributed by atoms with Crippen molar-refractivity contribution in [2.24, 2.45) is 0 Å². The first kappa shape index (κ1) is 28.8. The number of ether oxygens (including phenoxy) is 1. The molecule has 1 fully saturated rings. The number of hydrogen-bond donors (Lipinski definition) is 2. The number of nitriles is 1. The maximum absolute atomic E-state index is 13.8. The van der Waals surface area contributed by atoms with Crippen molar-refractivity contribution in [1.29, 1.82) is 5.26 Å². The summed E-state index contributed by atoms with van der Waals surface area (Å²) in [4.78, 5) is 6.79. The van der Waals surface area contributed by atoms with E-state index in [1.807, 2.05) is 47.3 Å². The highest BCUT2D eigenvalue weighted by molar-refractivity contribution is 6.36. The summed E-state index contributed by atoms with van der Waals surface area (Å²) in [6, 6.07) is 19.7. The lowest BCUT2D eigenvalue weighted by atomic mass is 10.0. The van der Waals surface area contributed by atoms with Crippen molar-refractivity contribution in [2.75, 3.05) is 43.5 Å². The SMILES string of the molecule is N#Cc1cnc2c(Cl)cc(NC(c3ccccc3)c3cn(CCN4CCOCC4)nn3)cc2c1Nc1ccc(F)c(Cl)c1. The summed E-state index contributed by atoms with van der Waals surface area (Å²) >= 11 is 12.8. The second-order valence-corrected chi connectivity index (χ2v) is 10.9. The van der Waals surface area contributed by atoms with Gasteiger partial charge in [0.15, 0.2) is 0 Å². The van der Waals surface area contributed by atoms with E-state index >= 15 is 0 Å². The standard InChI is InChI=1S/C31H27Cl2FN8O/c32-25-15-22(6-7-27(25)34)37-29-21(17-35)18-36-31-24(29)14-23(16-26(31)33)38-30(20-4-2-1-3-5-20)28-19-42(40-39-28)9-8-41-10-12-43-13-11-41/h1-7,14-16,18-19,30,38H,8-13H2,(H,36,37). The van der Waals surface area contributed by atoms with Gasteiger partial charge in [-0.2, -0.15) is 5.26 Å². The monoisotopic (exact) mass is 616 g/mol. The maximum Gasteiger partial charge on any atom is 0.141 e. The van der Waals surface area contributed by atoms with Gasteiger partial charge >= 0.3 is 0 Å². The molecule has 5 aromatic rings. The Morgan fingerprint density at radius 2 is 1.79 bits per heavy atom. The molecule has 43 heavy (non-hydrogen) atoms. The number of rotatable bonds is 9. The molecule has 6 rings (SSSR count). The minimum Gasteiger partial charge on any atom is -0.379 e. The average Bonchev–Trinajstić information content (AvgIpc) is 3.50. The van der Waals surface area contributed by atoms with Crippen LogP contribution < -0.4 is 10.6 Å². The largest absolute Gasteiger partial charge is 0.379 e. The number of nitrogens with zero attached hydrogens (tertiary/aromatic N) is 6. The molecule has 0 radical (unpaired) electrons. The van der Waals surface area contributed by atoms with E-state index < -0.39 is 5.82 Å². The van der Waals surface area contributed by atoms with Crippen LogP contribution in [-0.2, 0) is 11.3 Å². The van der Waals surface area contributed by atoms with Gasteiger partial charge in [0.25, 0.3) is 0 Å². The van der Waals surface area contributed by atoms with Crippen molar-refractivity contribution in [3.63, 3.8) is 0 Å². The lowest BCUT2D eigenvalue weighted by molar-refractivity contribution is 0.0359. The van der Waals surface area contributed by atoms with Gasteiger partial charge in [0.05, 0.1) is 58.8 Å². The van der Waals surface area contributed by atoms with Gasteiger partial charge in [-0.1, -0.05) is 58.7 Å². The Balaban J connectivity index is 1.34. The molecule has 3 aromatic carbocycles. The van der Waals surface area contributed by atoms with Crippen LogP contribution in [0.25, 0.3) is 10.9 Å². The van der Waals surface area contributed by atoms with E-state index in [2.05, 4.69) is 36.9 Å². The third-order valence-corrected chi connectivity index (χ3v) is 7.86. The molecular weight excluding hydrogens is 590 g/mol. The van der Waals surface area contributed by atoms with Crippen LogP contribution in [0.2, 0.25) is 10.0 Å². The summed E-state index contributed by atoms with van der Waals surface area (Å²) in [7, 11) is 0. The molecule has 12 heteroatoms. The first-order valence-electron chi connectivity index (χ1n) is 13.7. The number of morpholine rings is 1. The summed E-state index contributed by atoms with van der Waals surface area (Å²) in [5.41, 5.74) is 4.21. The Bertz CT molecular complexity index is 1790. The Morgan fingerprint density at radius 3 is 2.56 bits per heavy atom. The lowest BCUT2D eigenvalue weighted by Crippen LogP contribution is -2.38. The number of halogens is 3. The summed E-state index contributed by atoms with van der Waals surface area (Å²) in [6.07, 6.45) is 3.41. The second kappa shape index (κ2) is 12.9. The van der Waals surface area contributed by atoms with Crippen LogP contribution in [0.5, 0.6) is 0 Å². The number of nitrogens with one attached hydrogen (secondary N) is 2. The molecule has 1 atom stereocenters. The van der Waals surface area contributed by atoms with Gasteiger partial charge in [-0.05, 0) is 35.9 Å². The summed E-state index contributed by atoms with van der Waals surface area (Å²) in [5, 5.41) is 26.5. The van der Waals surface area contributed by atoms with Crippen molar-refractivity contribution >= 4 is 51.2 Å². The fourth-order valence-corrected chi connectivity index (χ4v) is 5.49. The molecule has 0 aliphatic carbocycles. The van der Waals surface area contributed by atoms with E-state index in [9.17, 15) is 9.65 Å².